The fourth-order valence-corrected chi connectivity index (χ4v) is 2.58. The van der Waals surface area contributed by atoms with Crippen molar-refractivity contribution in [2.24, 2.45) is 5.92 Å². The van der Waals surface area contributed by atoms with E-state index >= 15 is 0 Å². The van der Waals surface area contributed by atoms with Gasteiger partial charge in [0.1, 0.15) is 0 Å². The Morgan fingerprint density at radius 1 is 1.19 bits per heavy atom. The molecule has 4 heteroatoms. The molecule has 0 amide bonds. The van der Waals surface area contributed by atoms with Gasteiger partial charge in [-0.15, -0.1) is 0 Å². The lowest BCUT2D eigenvalue weighted by Crippen LogP contribution is -2.48. The molecule has 2 aliphatic heterocycles. The second-order valence-corrected chi connectivity index (χ2v) is 5.03. The Morgan fingerprint density at radius 3 is 2.75 bits per heavy atom. The van der Waals surface area contributed by atoms with Crippen molar-refractivity contribution < 1.29 is 9.47 Å². The van der Waals surface area contributed by atoms with E-state index in [1.165, 1.54) is 12.8 Å². The monoisotopic (exact) mass is 228 g/mol. The van der Waals surface area contributed by atoms with Crippen LogP contribution in [0.3, 0.4) is 0 Å². The van der Waals surface area contributed by atoms with Gasteiger partial charge in [0.15, 0.2) is 0 Å². The normalized spacial score (nSPS) is 31.9. The lowest BCUT2D eigenvalue weighted by molar-refractivity contribution is 0.0325. The van der Waals surface area contributed by atoms with Crippen LogP contribution in [0, 0.1) is 5.92 Å². The number of hydrogen-bond acceptors (Lipinski definition) is 4. The maximum absolute atomic E-state index is 5.51. The molecule has 2 atom stereocenters. The van der Waals surface area contributed by atoms with Crippen LogP contribution in [0.15, 0.2) is 0 Å². The molecule has 16 heavy (non-hydrogen) atoms. The predicted octanol–water partition coefficient (Wildman–Crippen LogP) is 0.333. The van der Waals surface area contributed by atoms with Crippen molar-refractivity contribution in [1.82, 2.24) is 10.2 Å². The van der Waals surface area contributed by atoms with E-state index in [1.54, 1.807) is 0 Å². The second kappa shape index (κ2) is 6.55. The molecule has 2 aliphatic rings. The molecule has 0 saturated carbocycles. The molecule has 0 bridgehead atoms. The highest BCUT2D eigenvalue weighted by Gasteiger charge is 2.19. The van der Waals surface area contributed by atoms with Gasteiger partial charge in [-0.05, 0) is 25.8 Å². The van der Waals surface area contributed by atoms with E-state index in [0.29, 0.717) is 6.04 Å². The Kier molecular flexibility index (Phi) is 5.03. The average Bonchev–Trinajstić information content (AvgIpc) is 2.31. The van der Waals surface area contributed by atoms with Crippen LogP contribution in [-0.2, 0) is 9.47 Å². The second-order valence-electron chi connectivity index (χ2n) is 5.03. The van der Waals surface area contributed by atoms with Crippen molar-refractivity contribution in [3.8, 4) is 0 Å². The molecule has 2 rings (SSSR count). The smallest absolute Gasteiger partial charge is 0.0632 e. The van der Waals surface area contributed by atoms with Gasteiger partial charge in [0.2, 0.25) is 0 Å². The van der Waals surface area contributed by atoms with Crippen molar-refractivity contribution in [3.63, 3.8) is 0 Å². The summed E-state index contributed by atoms with van der Waals surface area (Å²) in [6.07, 6.45) is 2.54. The minimum absolute atomic E-state index is 0.503. The largest absolute Gasteiger partial charge is 0.381 e. The molecule has 0 aromatic rings. The van der Waals surface area contributed by atoms with Crippen LogP contribution in [-0.4, -0.2) is 64.1 Å². The molecule has 0 aromatic carbocycles. The van der Waals surface area contributed by atoms with Crippen molar-refractivity contribution >= 4 is 0 Å². The fraction of sp³-hybridized carbons (Fsp3) is 1.00. The lowest BCUT2D eigenvalue weighted by atomic mass is 10.0. The van der Waals surface area contributed by atoms with Crippen LogP contribution in [0.1, 0.15) is 12.8 Å². The van der Waals surface area contributed by atoms with E-state index in [2.05, 4.69) is 17.3 Å². The predicted molar refractivity (Wildman–Crippen MR) is 63.6 cm³/mol. The van der Waals surface area contributed by atoms with Crippen LogP contribution >= 0.6 is 0 Å². The first-order chi connectivity index (χ1) is 7.84. The van der Waals surface area contributed by atoms with Gasteiger partial charge in [0, 0.05) is 32.3 Å². The molecule has 94 valence electrons. The standard InChI is InChI=1S/C12H24N2O2/c1-14(7-11-3-2-5-15-9-11)8-12-10-16-6-4-13-12/h11-13H,2-10H2,1H3. The van der Waals surface area contributed by atoms with Gasteiger partial charge < -0.3 is 19.7 Å². The number of nitrogens with one attached hydrogen (secondary N) is 1. The number of nitrogens with zero attached hydrogens (tertiary/aromatic N) is 1. The SMILES string of the molecule is CN(CC1CCCOC1)CC1COCCN1. The Bertz CT molecular complexity index is 169. The van der Waals surface area contributed by atoms with E-state index in [1.807, 2.05) is 0 Å². The van der Waals surface area contributed by atoms with Gasteiger partial charge in [0.25, 0.3) is 0 Å². The summed E-state index contributed by atoms with van der Waals surface area (Å²) in [5.41, 5.74) is 0. The Balaban J connectivity index is 1.64. The Labute approximate surface area is 98.3 Å². The van der Waals surface area contributed by atoms with Crippen LogP contribution in [0.5, 0.6) is 0 Å². The maximum Gasteiger partial charge on any atom is 0.0632 e. The van der Waals surface area contributed by atoms with E-state index in [4.69, 9.17) is 9.47 Å². The maximum atomic E-state index is 5.51. The number of likely N-dealkylation sites (N-methyl/N-ethyl adjacent to an activating group) is 1. The van der Waals surface area contributed by atoms with E-state index in [9.17, 15) is 0 Å². The Hall–Kier alpha value is -0.160. The summed E-state index contributed by atoms with van der Waals surface area (Å²) < 4.78 is 11.0. The number of hydrogen-bond donors (Lipinski definition) is 1. The molecular weight excluding hydrogens is 204 g/mol. The fourth-order valence-electron chi connectivity index (χ4n) is 2.58. The summed E-state index contributed by atoms with van der Waals surface area (Å²) in [5.74, 6) is 0.725. The van der Waals surface area contributed by atoms with Crippen LogP contribution in [0.2, 0.25) is 0 Å². The lowest BCUT2D eigenvalue weighted by Gasteiger charge is -2.31. The summed E-state index contributed by atoms with van der Waals surface area (Å²) in [6, 6.07) is 0.503. The highest BCUT2D eigenvalue weighted by Crippen LogP contribution is 2.14. The molecular formula is C12H24N2O2. The first kappa shape index (κ1) is 12.3. The van der Waals surface area contributed by atoms with E-state index in [0.717, 1.165) is 52.0 Å². The summed E-state index contributed by atoms with van der Waals surface area (Å²) in [4.78, 5) is 2.41. The van der Waals surface area contributed by atoms with Gasteiger partial charge in [-0.1, -0.05) is 0 Å². The third kappa shape index (κ3) is 4.01. The summed E-state index contributed by atoms with van der Waals surface area (Å²) in [6.45, 7) is 6.83. The van der Waals surface area contributed by atoms with Gasteiger partial charge in [-0.3, -0.25) is 0 Å². The van der Waals surface area contributed by atoms with E-state index < -0.39 is 0 Å². The number of ether oxygens (including phenoxy) is 2. The molecule has 0 aliphatic carbocycles. The molecule has 0 aromatic heterocycles. The van der Waals surface area contributed by atoms with E-state index in [-0.39, 0.29) is 0 Å². The van der Waals surface area contributed by atoms with Crippen molar-refractivity contribution in [1.29, 1.82) is 0 Å². The first-order valence-electron chi connectivity index (χ1n) is 6.42. The third-order valence-corrected chi connectivity index (χ3v) is 3.35. The van der Waals surface area contributed by atoms with Gasteiger partial charge in [-0.2, -0.15) is 0 Å². The zero-order valence-electron chi connectivity index (χ0n) is 10.3. The highest BCUT2D eigenvalue weighted by atomic mass is 16.5. The summed E-state index contributed by atoms with van der Waals surface area (Å²) >= 11 is 0. The number of rotatable bonds is 4. The molecule has 2 unspecified atom stereocenters. The van der Waals surface area contributed by atoms with Crippen molar-refractivity contribution in [3.05, 3.63) is 0 Å². The molecule has 2 heterocycles. The molecule has 1 N–H and O–H groups in total. The minimum Gasteiger partial charge on any atom is -0.381 e. The molecule has 4 nitrogen and oxygen atoms in total. The van der Waals surface area contributed by atoms with Crippen LogP contribution in [0.4, 0.5) is 0 Å². The van der Waals surface area contributed by atoms with Crippen LogP contribution < -0.4 is 5.32 Å². The van der Waals surface area contributed by atoms with Gasteiger partial charge in [0.05, 0.1) is 19.8 Å². The highest BCUT2D eigenvalue weighted by molar-refractivity contribution is 4.75. The van der Waals surface area contributed by atoms with Crippen molar-refractivity contribution in [2.45, 2.75) is 18.9 Å². The molecule has 2 saturated heterocycles. The zero-order valence-corrected chi connectivity index (χ0v) is 10.3. The topological polar surface area (TPSA) is 33.7 Å². The first-order valence-corrected chi connectivity index (χ1v) is 6.42. The van der Waals surface area contributed by atoms with Crippen molar-refractivity contribution in [2.75, 3.05) is 53.1 Å². The molecule has 2 fully saturated rings. The van der Waals surface area contributed by atoms with Crippen LogP contribution in [0.25, 0.3) is 0 Å². The zero-order chi connectivity index (χ0) is 11.2. The summed E-state index contributed by atoms with van der Waals surface area (Å²) in [7, 11) is 2.20. The third-order valence-electron chi connectivity index (χ3n) is 3.35. The quantitative estimate of drug-likeness (QED) is 0.752. The average molecular weight is 228 g/mol. The summed E-state index contributed by atoms with van der Waals surface area (Å²) in [5, 5.41) is 3.49. The number of morpholine rings is 1. The Morgan fingerprint density at radius 2 is 2.06 bits per heavy atom. The minimum atomic E-state index is 0.503. The molecule has 0 radical (unpaired) electrons. The molecule has 0 spiro atoms. The van der Waals surface area contributed by atoms with Gasteiger partial charge >= 0.3 is 0 Å². The van der Waals surface area contributed by atoms with Gasteiger partial charge in [-0.25, -0.2) is 0 Å².